The molecule has 0 spiro atoms. The Morgan fingerprint density at radius 2 is 1.96 bits per heavy atom. The third kappa shape index (κ3) is 3.54. The van der Waals surface area contributed by atoms with E-state index in [1.54, 1.807) is 6.07 Å². The van der Waals surface area contributed by atoms with Crippen molar-refractivity contribution in [1.29, 1.82) is 0 Å². The molecule has 1 amide bonds. The molecule has 2 aromatic heterocycles. The van der Waals surface area contributed by atoms with Gasteiger partial charge >= 0.3 is 0 Å². The monoisotopic (exact) mass is 394 g/mol. The van der Waals surface area contributed by atoms with Gasteiger partial charge in [0.05, 0.1) is 9.71 Å². The minimum absolute atomic E-state index is 0.287. The summed E-state index contributed by atoms with van der Waals surface area (Å²) in [5.74, 6) is -0.940. The highest BCUT2D eigenvalue weighted by molar-refractivity contribution is 7.19. The standard InChI is InChI=1S/C20H15FN4O2S/c1-12-22-18-19(28-12)17(13-6-3-2-4-7-13)24-25(20(18)27)11-16(26)23-15-9-5-8-14(21)10-15/h2-10H,11H2,1H3,(H,23,26). The predicted molar refractivity (Wildman–Crippen MR) is 107 cm³/mol. The maximum atomic E-state index is 13.3. The Balaban J connectivity index is 1.74. The number of hydrogen-bond acceptors (Lipinski definition) is 5. The van der Waals surface area contributed by atoms with Gasteiger partial charge in [0.25, 0.3) is 5.56 Å². The van der Waals surface area contributed by atoms with Crippen molar-refractivity contribution >= 4 is 33.1 Å². The lowest BCUT2D eigenvalue weighted by atomic mass is 10.1. The van der Waals surface area contributed by atoms with Crippen molar-refractivity contribution < 1.29 is 9.18 Å². The van der Waals surface area contributed by atoms with Crippen LogP contribution in [0.4, 0.5) is 10.1 Å². The van der Waals surface area contributed by atoms with Gasteiger partial charge < -0.3 is 5.32 Å². The van der Waals surface area contributed by atoms with E-state index in [9.17, 15) is 14.0 Å². The number of nitrogens with zero attached hydrogens (tertiary/aromatic N) is 3. The number of rotatable bonds is 4. The Labute approximate surface area is 163 Å². The second kappa shape index (κ2) is 7.32. The van der Waals surface area contributed by atoms with Gasteiger partial charge in [0, 0.05) is 11.3 Å². The summed E-state index contributed by atoms with van der Waals surface area (Å²) in [5.41, 5.74) is 1.59. The summed E-state index contributed by atoms with van der Waals surface area (Å²) >= 11 is 1.39. The van der Waals surface area contributed by atoms with Crippen molar-refractivity contribution in [3.8, 4) is 11.3 Å². The first kappa shape index (κ1) is 18.0. The van der Waals surface area contributed by atoms with Crippen molar-refractivity contribution in [1.82, 2.24) is 14.8 Å². The van der Waals surface area contributed by atoms with Crippen LogP contribution in [0.2, 0.25) is 0 Å². The average Bonchev–Trinajstić information content (AvgIpc) is 3.06. The zero-order valence-corrected chi connectivity index (χ0v) is 15.7. The molecule has 1 N–H and O–H groups in total. The highest BCUT2D eigenvalue weighted by Gasteiger charge is 2.17. The number of hydrogen-bond donors (Lipinski definition) is 1. The van der Waals surface area contributed by atoms with Gasteiger partial charge in [0.2, 0.25) is 5.91 Å². The molecule has 0 aliphatic rings. The Morgan fingerprint density at radius 3 is 2.71 bits per heavy atom. The van der Waals surface area contributed by atoms with Gasteiger partial charge in [-0.3, -0.25) is 9.59 Å². The lowest BCUT2D eigenvalue weighted by Gasteiger charge is -2.09. The van der Waals surface area contributed by atoms with E-state index in [1.807, 2.05) is 37.3 Å². The number of aryl methyl sites for hydroxylation is 1. The van der Waals surface area contributed by atoms with Gasteiger partial charge in [-0.1, -0.05) is 36.4 Å². The number of fused-ring (bicyclic) bond motifs is 1. The maximum absolute atomic E-state index is 13.3. The van der Waals surface area contributed by atoms with Crippen molar-refractivity contribution in [2.45, 2.75) is 13.5 Å². The molecule has 2 aromatic carbocycles. The molecule has 140 valence electrons. The number of carbonyl (C=O) groups excluding carboxylic acids is 1. The summed E-state index contributed by atoms with van der Waals surface area (Å²) < 4.78 is 15.1. The fourth-order valence-corrected chi connectivity index (χ4v) is 3.78. The quantitative estimate of drug-likeness (QED) is 0.574. The van der Waals surface area contributed by atoms with Crippen molar-refractivity contribution in [2.75, 3.05) is 5.32 Å². The Morgan fingerprint density at radius 1 is 1.18 bits per heavy atom. The molecule has 4 aromatic rings. The first-order chi connectivity index (χ1) is 13.5. The van der Waals surface area contributed by atoms with Crippen LogP contribution in [-0.2, 0) is 11.3 Å². The van der Waals surface area contributed by atoms with Crippen LogP contribution in [0, 0.1) is 12.7 Å². The summed E-state index contributed by atoms with van der Waals surface area (Å²) in [5, 5.41) is 7.74. The third-order valence-electron chi connectivity index (χ3n) is 4.06. The molecule has 4 rings (SSSR count). The van der Waals surface area contributed by atoms with Crippen molar-refractivity contribution in [2.24, 2.45) is 0 Å². The molecule has 0 bridgehead atoms. The average molecular weight is 394 g/mol. The van der Waals surface area contributed by atoms with Gasteiger partial charge in [-0.25, -0.2) is 14.1 Å². The summed E-state index contributed by atoms with van der Waals surface area (Å²) in [4.78, 5) is 29.5. The maximum Gasteiger partial charge on any atom is 0.294 e. The number of halogens is 1. The molecule has 0 aliphatic carbocycles. The fraction of sp³-hybridized carbons (Fsp3) is 0.100. The summed E-state index contributed by atoms with van der Waals surface area (Å²) in [6.07, 6.45) is 0. The van der Waals surface area contributed by atoms with Crippen LogP contribution in [0.25, 0.3) is 21.5 Å². The van der Waals surface area contributed by atoms with Crippen molar-refractivity contribution in [3.63, 3.8) is 0 Å². The second-order valence-corrected chi connectivity index (χ2v) is 7.35. The van der Waals surface area contributed by atoms with E-state index >= 15 is 0 Å². The largest absolute Gasteiger partial charge is 0.324 e. The number of anilines is 1. The number of aromatic nitrogens is 3. The number of carbonyl (C=O) groups is 1. The van der Waals surface area contributed by atoms with Crippen LogP contribution in [0.5, 0.6) is 0 Å². The molecular formula is C20H15FN4O2S. The van der Waals surface area contributed by atoms with E-state index in [0.29, 0.717) is 16.1 Å². The number of nitrogens with one attached hydrogen (secondary N) is 1. The van der Waals surface area contributed by atoms with Crippen LogP contribution in [0.3, 0.4) is 0 Å². The van der Waals surface area contributed by atoms with Crippen molar-refractivity contribution in [3.05, 3.63) is 75.8 Å². The SMILES string of the molecule is Cc1nc2c(=O)n(CC(=O)Nc3cccc(F)c3)nc(-c3ccccc3)c2s1. The van der Waals surface area contributed by atoms with Gasteiger partial charge in [0.15, 0.2) is 5.52 Å². The van der Waals surface area contributed by atoms with Gasteiger partial charge in [-0.05, 0) is 25.1 Å². The molecule has 0 fully saturated rings. The molecule has 0 radical (unpaired) electrons. The van der Waals surface area contributed by atoms with Crippen LogP contribution in [-0.4, -0.2) is 20.7 Å². The first-order valence-corrected chi connectivity index (χ1v) is 9.32. The number of amides is 1. The summed E-state index contributed by atoms with van der Waals surface area (Å²) in [7, 11) is 0. The third-order valence-corrected chi connectivity index (χ3v) is 5.03. The minimum Gasteiger partial charge on any atom is -0.324 e. The molecule has 8 heteroatoms. The smallest absolute Gasteiger partial charge is 0.294 e. The highest BCUT2D eigenvalue weighted by Crippen LogP contribution is 2.29. The van der Waals surface area contributed by atoms with Gasteiger partial charge in [0.1, 0.15) is 18.1 Å². The molecule has 6 nitrogen and oxygen atoms in total. The molecule has 2 heterocycles. The summed E-state index contributed by atoms with van der Waals surface area (Å²) in [6, 6.07) is 15.0. The minimum atomic E-state index is -0.481. The normalized spacial score (nSPS) is 10.9. The van der Waals surface area contributed by atoms with E-state index < -0.39 is 17.3 Å². The van der Waals surface area contributed by atoms with E-state index in [4.69, 9.17) is 0 Å². The second-order valence-electron chi connectivity index (χ2n) is 6.15. The zero-order chi connectivity index (χ0) is 19.7. The molecular weight excluding hydrogens is 379 g/mol. The van der Waals surface area contributed by atoms with Gasteiger partial charge in [-0.15, -0.1) is 11.3 Å². The van der Waals surface area contributed by atoms with Gasteiger partial charge in [-0.2, -0.15) is 5.10 Å². The van der Waals surface area contributed by atoms with E-state index in [2.05, 4.69) is 15.4 Å². The predicted octanol–water partition coefficient (Wildman–Crippen LogP) is 3.61. The molecule has 0 unspecified atom stereocenters. The molecule has 0 saturated carbocycles. The topological polar surface area (TPSA) is 76.9 Å². The van der Waals surface area contributed by atoms with Crippen LogP contribution in [0.15, 0.2) is 59.4 Å². The zero-order valence-electron chi connectivity index (χ0n) is 14.8. The number of thiazole rings is 1. The van der Waals surface area contributed by atoms with Crippen LogP contribution in [0.1, 0.15) is 5.01 Å². The molecule has 0 aliphatic heterocycles. The Bertz CT molecular complexity index is 1230. The van der Waals surface area contributed by atoms with Crippen LogP contribution < -0.4 is 10.9 Å². The first-order valence-electron chi connectivity index (χ1n) is 8.50. The molecule has 0 atom stereocenters. The number of benzene rings is 2. The Kier molecular flexibility index (Phi) is 4.70. The Hall–Kier alpha value is -3.39. The van der Waals surface area contributed by atoms with E-state index in [1.165, 1.54) is 29.5 Å². The fourth-order valence-electron chi connectivity index (χ4n) is 2.86. The lowest BCUT2D eigenvalue weighted by Crippen LogP contribution is -2.30. The lowest BCUT2D eigenvalue weighted by molar-refractivity contribution is -0.117. The highest BCUT2D eigenvalue weighted by atomic mass is 32.1. The van der Waals surface area contributed by atoms with E-state index in [0.717, 1.165) is 15.3 Å². The summed E-state index contributed by atoms with van der Waals surface area (Å²) in [6.45, 7) is 1.52. The van der Waals surface area contributed by atoms with Crippen LogP contribution >= 0.6 is 11.3 Å². The van der Waals surface area contributed by atoms with E-state index in [-0.39, 0.29) is 12.1 Å². The molecule has 28 heavy (non-hydrogen) atoms. The molecule has 0 saturated heterocycles.